The lowest BCUT2D eigenvalue weighted by Crippen LogP contribution is -2.24. The smallest absolute Gasteiger partial charge is 0.257 e. The van der Waals surface area contributed by atoms with E-state index in [9.17, 15) is 9.59 Å². The third-order valence-electron chi connectivity index (χ3n) is 7.54. The predicted molar refractivity (Wildman–Crippen MR) is 163 cm³/mol. The van der Waals surface area contributed by atoms with Crippen LogP contribution in [0.5, 0.6) is 0 Å². The number of hydrazone groups is 1. The highest BCUT2D eigenvalue weighted by Crippen LogP contribution is 2.35. The van der Waals surface area contributed by atoms with Gasteiger partial charge in [0.05, 0.1) is 23.5 Å². The second kappa shape index (κ2) is 11.2. The quantitative estimate of drug-likeness (QED) is 0.238. The van der Waals surface area contributed by atoms with Gasteiger partial charge in [-0.05, 0) is 53.3 Å². The Bertz CT molecular complexity index is 1820. The van der Waals surface area contributed by atoms with E-state index in [1.54, 1.807) is 6.07 Å². The molecule has 1 N–H and O–H groups in total. The average Bonchev–Trinajstić information content (AvgIpc) is 3.62. The molecule has 3 heterocycles. The highest BCUT2D eigenvalue weighted by molar-refractivity contribution is 6.31. The van der Waals surface area contributed by atoms with E-state index in [0.717, 1.165) is 46.2 Å². The number of hydrogen-bond acceptors (Lipinski definition) is 4. The molecule has 1 amide bonds. The number of aromatic nitrogens is 3. The van der Waals surface area contributed by atoms with Gasteiger partial charge in [-0.3, -0.25) is 14.3 Å². The molecular weight excluding hydrogens is 534 g/mol. The number of amides is 1. The Balaban J connectivity index is 1.39. The Labute approximate surface area is 243 Å². The van der Waals surface area contributed by atoms with E-state index in [4.69, 9.17) is 16.7 Å². The topological polar surface area (TPSA) is 83.4 Å². The molecule has 1 aliphatic heterocycles. The van der Waals surface area contributed by atoms with Crippen molar-refractivity contribution in [1.29, 1.82) is 0 Å². The van der Waals surface area contributed by atoms with Crippen LogP contribution in [0.1, 0.15) is 55.0 Å². The number of nitrogens with zero attached hydrogens (tertiary/aromatic N) is 4. The summed E-state index contributed by atoms with van der Waals surface area (Å²) in [5, 5.41) is 12.1. The standard InChI is InChI=1S/C33H30ClN5O2/c1-3-15-38-20-25(19-35-38)23-9-11-24(12-10-23)31-18-30(37-39(31)21(2)40)32-28(16-22-7-5-4-6-8-22)27-17-26(34)13-14-29(27)36-33(32)41/h4-14,17,19-20,31H,3,15-16,18H2,1-2H3,(H,36,41). The molecule has 7 nitrogen and oxygen atoms in total. The molecule has 0 spiro atoms. The van der Waals surface area contributed by atoms with E-state index < -0.39 is 0 Å². The van der Waals surface area contributed by atoms with Crippen molar-refractivity contribution in [2.45, 2.75) is 45.7 Å². The lowest BCUT2D eigenvalue weighted by molar-refractivity contribution is -0.130. The molecule has 6 rings (SSSR count). The predicted octanol–water partition coefficient (Wildman–Crippen LogP) is 6.74. The first-order chi connectivity index (χ1) is 19.9. The summed E-state index contributed by atoms with van der Waals surface area (Å²) < 4.78 is 1.94. The van der Waals surface area contributed by atoms with Gasteiger partial charge in [0.25, 0.3) is 5.56 Å². The van der Waals surface area contributed by atoms with Crippen molar-refractivity contribution in [3.8, 4) is 11.1 Å². The molecule has 1 atom stereocenters. The molecule has 41 heavy (non-hydrogen) atoms. The van der Waals surface area contributed by atoms with Gasteiger partial charge in [0.1, 0.15) is 0 Å². The number of aromatic amines is 1. The molecule has 8 heteroatoms. The van der Waals surface area contributed by atoms with Gasteiger partial charge in [-0.15, -0.1) is 0 Å². The fourth-order valence-electron chi connectivity index (χ4n) is 5.59. The Morgan fingerprint density at radius 2 is 1.83 bits per heavy atom. The first kappa shape index (κ1) is 26.7. The third-order valence-corrected chi connectivity index (χ3v) is 7.78. The second-order valence-electron chi connectivity index (χ2n) is 10.4. The van der Waals surface area contributed by atoms with Crippen LogP contribution in [0.4, 0.5) is 0 Å². The fraction of sp³-hybridized carbons (Fsp3) is 0.212. The van der Waals surface area contributed by atoms with Crippen molar-refractivity contribution in [3.63, 3.8) is 0 Å². The summed E-state index contributed by atoms with van der Waals surface area (Å²) in [6, 6.07) is 23.3. The molecule has 2 aromatic heterocycles. The van der Waals surface area contributed by atoms with Gasteiger partial charge in [-0.2, -0.15) is 10.2 Å². The van der Waals surface area contributed by atoms with Crippen LogP contribution in [0.25, 0.3) is 22.0 Å². The first-order valence-electron chi connectivity index (χ1n) is 13.8. The van der Waals surface area contributed by atoms with Gasteiger partial charge in [-0.25, -0.2) is 5.01 Å². The minimum atomic E-state index is -0.321. The van der Waals surface area contributed by atoms with E-state index in [1.807, 2.05) is 83.8 Å². The van der Waals surface area contributed by atoms with Crippen LogP contribution < -0.4 is 5.56 Å². The number of benzene rings is 3. The molecule has 1 aliphatic rings. The molecule has 0 fully saturated rings. The van der Waals surface area contributed by atoms with Crippen molar-refractivity contribution in [2.75, 3.05) is 0 Å². The minimum absolute atomic E-state index is 0.181. The van der Waals surface area contributed by atoms with Crippen LogP contribution >= 0.6 is 11.6 Å². The summed E-state index contributed by atoms with van der Waals surface area (Å²) in [6.45, 7) is 4.51. The van der Waals surface area contributed by atoms with Gasteiger partial charge in [0, 0.05) is 47.6 Å². The maximum Gasteiger partial charge on any atom is 0.257 e. The van der Waals surface area contributed by atoms with Crippen LogP contribution in [-0.4, -0.2) is 31.4 Å². The van der Waals surface area contributed by atoms with Crippen molar-refractivity contribution in [2.24, 2.45) is 5.10 Å². The number of halogens is 1. The number of pyridine rings is 1. The van der Waals surface area contributed by atoms with Crippen molar-refractivity contribution < 1.29 is 4.79 Å². The van der Waals surface area contributed by atoms with E-state index in [0.29, 0.717) is 34.7 Å². The Morgan fingerprint density at radius 1 is 1.05 bits per heavy atom. The Kier molecular flexibility index (Phi) is 7.28. The number of carbonyl (C=O) groups is 1. The van der Waals surface area contributed by atoms with Crippen molar-refractivity contribution in [1.82, 2.24) is 19.8 Å². The van der Waals surface area contributed by atoms with Gasteiger partial charge in [0.15, 0.2) is 0 Å². The molecule has 0 radical (unpaired) electrons. The summed E-state index contributed by atoms with van der Waals surface area (Å²) in [4.78, 5) is 29.4. The van der Waals surface area contributed by atoms with E-state index >= 15 is 0 Å². The zero-order valence-corrected chi connectivity index (χ0v) is 23.7. The molecule has 3 aromatic carbocycles. The number of nitrogens with one attached hydrogen (secondary N) is 1. The summed E-state index contributed by atoms with van der Waals surface area (Å²) in [5.41, 5.74) is 6.53. The molecule has 0 aliphatic carbocycles. The van der Waals surface area contributed by atoms with E-state index in [1.165, 1.54) is 11.9 Å². The lowest BCUT2D eigenvalue weighted by Gasteiger charge is -2.20. The maximum absolute atomic E-state index is 13.6. The summed E-state index contributed by atoms with van der Waals surface area (Å²) >= 11 is 6.41. The van der Waals surface area contributed by atoms with E-state index in [2.05, 4.69) is 17.0 Å². The van der Waals surface area contributed by atoms with Gasteiger partial charge >= 0.3 is 0 Å². The van der Waals surface area contributed by atoms with Gasteiger partial charge in [0.2, 0.25) is 5.91 Å². The SMILES string of the molecule is CCCn1cc(-c2ccc(C3CC(c4c(Cc5ccccc5)c5cc(Cl)ccc5[nH]c4=O)=NN3C(C)=O)cc2)cn1. The highest BCUT2D eigenvalue weighted by Gasteiger charge is 2.34. The number of fused-ring (bicyclic) bond motifs is 1. The Morgan fingerprint density at radius 3 is 2.56 bits per heavy atom. The maximum atomic E-state index is 13.6. The van der Waals surface area contributed by atoms with Crippen LogP contribution in [0.3, 0.4) is 0 Å². The van der Waals surface area contributed by atoms with Crippen LogP contribution in [0.2, 0.25) is 5.02 Å². The number of aryl methyl sites for hydroxylation is 1. The van der Waals surface area contributed by atoms with Crippen molar-refractivity contribution >= 4 is 34.1 Å². The average molecular weight is 564 g/mol. The molecule has 5 aromatic rings. The fourth-order valence-corrected chi connectivity index (χ4v) is 5.77. The number of rotatable bonds is 7. The van der Waals surface area contributed by atoms with Crippen LogP contribution in [-0.2, 0) is 17.8 Å². The highest BCUT2D eigenvalue weighted by atomic mass is 35.5. The van der Waals surface area contributed by atoms with Crippen LogP contribution in [0, 0.1) is 0 Å². The number of carbonyl (C=O) groups excluding carboxylic acids is 1. The zero-order valence-electron chi connectivity index (χ0n) is 23.0. The van der Waals surface area contributed by atoms with Crippen LogP contribution in [0.15, 0.2) is 95.1 Å². The molecule has 0 saturated heterocycles. The molecule has 1 unspecified atom stereocenters. The summed E-state index contributed by atoms with van der Waals surface area (Å²) in [7, 11) is 0. The number of hydrogen-bond donors (Lipinski definition) is 1. The normalized spacial score (nSPS) is 15.0. The molecule has 206 valence electrons. The number of H-pyrrole nitrogens is 1. The summed E-state index contributed by atoms with van der Waals surface area (Å²) in [6.07, 6.45) is 5.88. The Hall–Kier alpha value is -4.49. The first-order valence-corrected chi connectivity index (χ1v) is 14.2. The largest absolute Gasteiger partial charge is 0.321 e. The molecule has 0 bridgehead atoms. The van der Waals surface area contributed by atoms with Gasteiger partial charge in [-0.1, -0.05) is 73.1 Å². The van der Waals surface area contributed by atoms with Gasteiger partial charge < -0.3 is 4.98 Å². The third kappa shape index (κ3) is 5.33. The van der Waals surface area contributed by atoms with Crippen molar-refractivity contribution in [3.05, 3.63) is 123 Å². The lowest BCUT2D eigenvalue weighted by atomic mass is 9.91. The second-order valence-corrected chi connectivity index (χ2v) is 10.8. The minimum Gasteiger partial charge on any atom is -0.321 e. The molecular formula is C33H30ClN5O2. The zero-order chi connectivity index (χ0) is 28.5. The summed E-state index contributed by atoms with van der Waals surface area (Å²) in [5.74, 6) is -0.181. The molecule has 0 saturated carbocycles. The monoisotopic (exact) mass is 563 g/mol. The van der Waals surface area contributed by atoms with E-state index in [-0.39, 0.29) is 17.5 Å².